The predicted octanol–water partition coefficient (Wildman–Crippen LogP) is 3.14. The fourth-order valence-electron chi connectivity index (χ4n) is 1.44. The molecule has 79 valence electrons. The van der Waals surface area contributed by atoms with Crippen LogP contribution in [0.25, 0.3) is 11.0 Å². The number of hydrogen-bond acceptors (Lipinski definition) is 3. The van der Waals surface area contributed by atoms with E-state index in [0.717, 1.165) is 22.5 Å². The van der Waals surface area contributed by atoms with Gasteiger partial charge in [0.25, 0.3) is 0 Å². The van der Waals surface area contributed by atoms with Gasteiger partial charge in [0.2, 0.25) is 0 Å². The number of rotatable bonds is 4. The summed E-state index contributed by atoms with van der Waals surface area (Å²) in [6, 6.07) is 7.53. The summed E-state index contributed by atoms with van der Waals surface area (Å²) in [4.78, 5) is 0. The molecule has 0 N–H and O–H groups in total. The highest BCUT2D eigenvalue weighted by molar-refractivity contribution is 5.79. The second kappa shape index (κ2) is 4.36. The normalized spacial score (nSPS) is 10.8. The average Bonchev–Trinajstić information content (AvgIpc) is 2.67. The molecule has 0 fully saturated rings. The van der Waals surface area contributed by atoms with Gasteiger partial charge < -0.3 is 13.9 Å². The third-order valence-electron chi connectivity index (χ3n) is 2.15. The van der Waals surface area contributed by atoms with Gasteiger partial charge in [-0.3, -0.25) is 0 Å². The van der Waals surface area contributed by atoms with E-state index in [1.54, 1.807) is 0 Å². The van der Waals surface area contributed by atoms with Gasteiger partial charge in [0, 0.05) is 12.0 Å². The van der Waals surface area contributed by atoms with E-state index < -0.39 is 0 Å². The van der Waals surface area contributed by atoms with Crippen LogP contribution in [0.1, 0.15) is 12.7 Å². The lowest BCUT2D eigenvalue weighted by atomic mass is 10.2. The Balaban J connectivity index is 2.29. The van der Waals surface area contributed by atoms with Crippen molar-refractivity contribution in [3.05, 3.63) is 37.1 Å². The van der Waals surface area contributed by atoms with Crippen LogP contribution < -0.4 is 4.74 Å². The van der Waals surface area contributed by atoms with Crippen LogP contribution in [0, 0.1) is 7.11 Å². The first-order valence-electron chi connectivity index (χ1n) is 4.85. The molecule has 0 saturated carbocycles. The van der Waals surface area contributed by atoms with E-state index in [0.29, 0.717) is 13.2 Å². The van der Waals surface area contributed by atoms with Gasteiger partial charge in [-0.25, -0.2) is 0 Å². The highest BCUT2D eigenvalue weighted by atomic mass is 16.5. The minimum absolute atomic E-state index is 0.506. The van der Waals surface area contributed by atoms with Crippen LogP contribution in [0.15, 0.2) is 28.7 Å². The van der Waals surface area contributed by atoms with Crippen molar-refractivity contribution in [1.29, 1.82) is 0 Å². The largest absolute Gasteiger partial charge is 0.490 e. The van der Waals surface area contributed by atoms with Gasteiger partial charge in [0.05, 0.1) is 0 Å². The molecule has 1 aromatic carbocycles. The molecule has 3 nitrogen and oxygen atoms in total. The first kappa shape index (κ1) is 10.1. The number of hydrogen-bond donors (Lipinski definition) is 0. The van der Waals surface area contributed by atoms with Crippen molar-refractivity contribution < 1.29 is 13.9 Å². The Hall–Kier alpha value is -1.48. The van der Waals surface area contributed by atoms with E-state index in [2.05, 4.69) is 7.11 Å². The Bertz CT molecular complexity index is 445. The topological polar surface area (TPSA) is 31.6 Å². The minimum atomic E-state index is 0.506. The Kier molecular flexibility index (Phi) is 2.92. The Morgan fingerprint density at radius 1 is 1.33 bits per heavy atom. The Morgan fingerprint density at radius 3 is 2.93 bits per heavy atom. The SMILES string of the molecule is [CH2]Oc1ccc2oc(COCC)cc2c1. The molecule has 2 aromatic rings. The van der Waals surface area contributed by atoms with Crippen molar-refractivity contribution in [2.45, 2.75) is 13.5 Å². The first-order chi connectivity index (χ1) is 7.33. The van der Waals surface area contributed by atoms with E-state index in [4.69, 9.17) is 13.9 Å². The van der Waals surface area contributed by atoms with Crippen molar-refractivity contribution in [2.24, 2.45) is 0 Å². The summed E-state index contributed by atoms with van der Waals surface area (Å²) in [5, 5.41) is 1.01. The lowest BCUT2D eigenvalue weighted by Crippen LogP contribution is -1.88. The zero-order chi connectivity index (χ0) is 10.7. The fraction of sp³-hybridized carbons (Fsp3) is 0.250. The molecule has 0 saturated heterocycles. The molecule has 0 aliphatic heterocycles. The summed E-state index contributed by atoms with van der Waals surface area (Å²) in [5.74, 6) is 1.55. The molecule has 0 unspecified atom stereocenters. The highest BCUT2D eigenvalue weighted by Crippen LogP contribution is 2.24. The van der Waals surface area contributed by atoms with E-state index in [1.165, 1.54) is 0 Å². The predicted molar refractivity (Wildman–Crippen MR) is 57.5 cm³/mol. The molecule has 3 heteroatoms. The first-order valence-corrected chi connectivity index (χ1v) is 4.85. The maximum absolute atomic E-state index is 5.57. The number of fused-ring (bicyclic) bond motifs is 1. The third kappa shape index (κ3) is 2.13. The van der Waals surface area contributed by atoms with Gasteiger partial charge in [-0.15, -0.1) is 0 Å². The van der Waals surface area contributed by atoms with E-state index >= 15 is 0 Å². The fourth-order valence-corrected chi connectivity index (χ4v) is 1.44. The highest BCUT2D eigenvalue weighted by Gasteiger charge is 2.04. The van der Waals surface area contributed by atoms with Crippen LogP contribution in [0.5, 0.6) is 5.75 Å². The lowest BCUT2D eigenvalue weighted by Gasteiger charge is -1.96. The molecule has 1 aromatic heterocycles. The quantitative estimate of drug-likeness (QED) is 0.768. The van der Waals surface area contributed by atoms with Gasteiger partial charge in [0.15, 0.2) is 0 Å². The zero-order valence-electron chi connectivity index (χ0n) is 8.66. The van der Waals surface area contributed by atoms with Crippen LogP contribution in [-0.4, -0.2) is 6.61 Å². The Morgan fingerprint density at radius 2 is 2.20 bits per heavy atom. The second-order valence-corrected chi connectivity index (χ2v) is 3.19. The van der Waals surface area contributed by atoms with Crippen LogP contribution in [0.3, 0.4) is 0 Å². The number of benzene rings is 1. The lowest BCUT2D eigenvalue weighted by molar-refractivity contribution is 0.119. The summed E-state index contributed by atoms with van der Waals surface area (Å²) < 4.78 is 15.7. The third-order valence-corrected chi connectivity index (χ3v) is 2.15. The summed E-state index contributed by atoms with van der Waals surface area (Å²) >= 11 is 0. The second-order valence-electron chi connectivity index (χ2n) is 3.19. The van der Waals surface area contributed by atoms with Crippen LogP contribution in [-0.2, 0) is 11.3 Å². The van der Waals surface area contributed by atoms with E-state index in [1.807, 2.05) is 31.2 Å². The standard InChI is InChI=1S/C12H13O3/c1-3-14-8-11-7-9-6-10(13-2)4-5-12(9)15-11/h4-7H,2-3,8H2,1H3. The van der Waals surface area contributed by atoms with Crippen molar-refractivity contribution in [3.63, 3.8) is 0 Å². The van der Waals surface area contributed by atoms with Crippen molar-refractivity contribution in [1.82, 2.24) is 0 Å². The smallest absolute Gasteiger partial charge is 0.134 e. The molecular weight excluding hydrogens is 192 g/mol. The van der Waals surface area contributed by atoms with Crippen LogP contribution in [0.2, 0.25) is 0 Å². The van der Waals surface area contributed by atoms with Crippen molar-refractivity contribution in [3.8, 4) is 5.75 Å². The van der Waals surface area contributed by atoms with Gasteiger partial charge in [-0.2, -0.15) is 0 Å². The molecule has 0 amide bonds. The summed E-state index contributed by atoms with van der Waals surface area (Å²) in [6.07, 6.45) is 0. The van der Waals surface area contributed by atoms with Gasteiger partial charge in [-0.1, -0.05) is 0 Å². The molecule has 1 radical (unpaired) electrons. The summed E-state index contributed by atoms with van der Waals surface area (Å²) in [5.41, 5.74) is 0.838. The summed E-state index contributed by atoms with van der Waals surface area (Å²) in [7, 11) is 3.36. The molecule has 0 bridgehead atoms. The van der Waals surface area contributed by atoms with Crippen molar-refractivity contribution >= 4 is 11.0 Å². The average molecular weight is 205 g/mol. The molecule has 2 rings (SSSR count). The van der Waals surface area contributed by atoms with Crippen molar-refractivity contribution in [2.75, 3.05) is 6.61 Å². The molecule has 0 spiro atoms. The van der Waals surface area contributed by atoms with Crippen LogP contribution >= 0.6 is 0 Å². The Labute approximate surface area is 88.6 Å². The van der Waals surface area contributed by atoms with E-state index in [-0.39, 0.29) is 0 Å². The van der Waals surface area contributed by atoms with Gasteiger partial charge in [0.1, 0.15) is 30.8 Å². The summed E-state index contributed by atoms with van der Waals surface area (Å²) in [6.45, 7) is 3.15. The number of furan rings is 1. The minimum Gasteiger partial charge on any atom is -0.490 e. The molecular formula is C12H13O3. The van der Waals surface area contributed by atoms with Crippen LogP contribution in [0.4, 0.5) is 0 Å². The molecule has 0 atom stereocenters. The van der Waals surface area contributed by atoms with Gasteiger partial charge >= 0.3 is 0 Å². The molecule has 1 heterocycles. The molecule has 0 aliphatic rings. The maximum atomic E-state index is 5.57. The monoisotopic (exact) mass is 205 g/mol. The maximum Gasteiger partial charge on any atom is 0.134 e. The zero-order valence-corrected chi connectivity index (χ0v) is 8.66. The van der Waals surface area contributed by atoms with Gasteiger partial charge in [-0.05, 0) is 31.2 Å². The number of ether oxygens (including phenoxy) is 2. The molecule has 0 aliphatic carbocycles. The molecule has 15 heavy (non-hydrogen) atoms. The van der Waals surface area contributed by atoms with E-state index in [9.17, 15) is 0 Å².